The molecular formula is C9H21N. The summed E-state index contributed by atoms with van der Waals surface area (Å²) < 4.78 is 0. The first-order valence-electron chi connectivity index (χ1n) is 4.18. The molecule has 1 nitrogen and oxygen atoms in total. The molecule has 0 saturated carbocycles. The summed E-state index contributed by atoms with van der Waals surface area (Å²) in [6, 6.07) is 0.294. The summed E-state index contributed by atoms with van der Waals surface area (Å²) in [6.07, 6.45) is 1.22. The molecule has 0 bridgehead atoms. The van der Waals surface area contributed by atoms with Crippen LogP contribution in [0.5, 0.6) is 0 Å². The molecule has 0 aliphatic heterocycles. The Kier molecular flexibility index (Phi) is 3.37. The third-order valence-electron chi connectivity index (χ3n) is 3.06. The van der Waals surface area contributed by atoms with Crippen molar-refractivity contribution in [2.45, 2.75) is 47.1 Å². The van der Waals surface area contributed by atoms with Gasteiger partial charge in [0.2, 0.25) is 0 Å². The lowest BCUT2D eigenvalue weighted by molar-refractivity contribution is 0.185. The van der Waals surface area contributed by atoms with Crippen molar-refractivity contribution < 1.29 is 0 Å². The van der Waals surface area contributed by atoms with Crippen LogP contribution >= 0.6 is 0 Å². The molecule has 0 aromatic heterocycles. The Labute approximate surface area is 65.0 Å². The molecule has 0 saturated heterocycles. The molecule has 0 aromatic rings. The standard InChI is InChI=1S/C9H21N/c1-6-7(2)9(4,5)8(3)10/h7-8H,6,10H2,1-5H3. The van der Waals surface area contributed by atoms with E-state index >= 15 is 0 Å². The van der Waals surface area contributed by atoms with E-state index in [1.165, 1.54) is 6.42 Å². The Bertz CT molecular complexity index is 94.9. The van der Waals surface area contributed by atoms with Crippen molar-refractivity contribution in [3.8, 4) is 0 Å². The van der Waals surface area contributed by atoms with Gasteiger partial charge in [-0.25, -0.2) is 0 Å². The lowest BCUT2D eigenvalue weighted by Crippen LogP contribution is -2.39. The highest BCUT2D eigenvalue weighted by molar-refractivity contribution is 4.81. The van der Waals surface area contributed by atoms with Crippen LogP contribution < -0.4 is 5.73 Å². The van der Waals surface area contributed by atoms with Crippen molar-refractivity contribution in [2.24, 2.45) is 17.1 Å². The number of hydrogen-bond donors (Lipinski definition) is 1. The van der Waals surface area contributed by atoms with E-state index in [-0.39, 0.29) is 5.41 Å². The molecule has 0 aliphatic rings. The van der Waals surface area contributed by atoms with Crippen molar-refractivity contribution in [1.82, 2.24) is 0 Å². The highest BCUT2D eigenvalue weighted by atomic mass is 14.7. The predicted molar refractivity (Wildman–Crippen MR) is 46.9 cm³/mol. The van der Waals surface area contributed by atoms with E-state index in [4.69, 9.17) is 5.73 Å². The van der Waals surface area contributed by atoms with Gasteiger partial charge in [-0.15, -0.1) is 0 Å². The van der Waals surface area contributed by atoms with E-state index in [9.17, 15) is 0 Å². The SMILES string of the molecule is CCC(C)C(C)(C)C(C)N. The van der Waals surface area contributed by atoms with Crippen LogP contribution in [-0.4, -0.2) is 6.04 Å². The highest BCUT2D eigenvalue weighted by Crippen LogP contribution is 2.31. The molecule has 0 radical (unpaired) electrons. The molecule has 0 heterocycles. The molecule has 0 rings (SSSR count). The maximum Gasteiger partial charge on any atom is 0.00642 e. The van der Waals surface area contributed by atoms with E-state index in [1.807, 2.05) is 0 Å². The van der Waals surface area contributed by atoms with E-state index in [1.54, 1.807) is 0 Å². The molecular weight excluding hydrogens is 122 g/mol. The Morgan fingerprint density at radius 2 is 1.70 bits per heavy atom. The van der Waals surface area contributed by atoms with E-state index in [0.717, 1.165) is 0 Å². The fraction of sp³-hybridized carbons (Fsp3) is 1.00. The van der Waals surface area contributed by atoms with Crippen molar-refractivity contribution in [2.75, 3.05) is 0 Å². The molecule has 0 spiro atoms. The van der Waals surface area contributed by atoms with Gasteiger partial charge in [-0.05, 0) is 18.3 Å². The van der Waals surface area contributed by atoms with Crippen LogP contribution in [0.25, 0.3) is 0 Å². The van der Waals surface area contributed by atoms with Crippen molar-refractivity contribution in [1.29, 1.82) is 0 Å². The Balaban J connectivity index is 4.09. The first-order chi connectivity index (χ1) is 4.42. The Hall–Kier alpha value is -0.0400. The van der Waals surface area contributed by atoms with Gasteiger partial charge in [0, 0.05) is 6.04 Å². The molecule has 2 atom stereocenters. The van der Waals surface area contributed by atoms with Crippen LogP contribution in [0.3, 0.4) is 0 Å². The van der Waals surface area contributed by atoms with Gasteiger partial charge in [0.25, 0.3) is 0 Å². The summed E-state index contributed by atoms with van der Waals surface area (Å²) in [7, 11) is 0. The van der Waals surface area contributed by atoms with Crippen molar-refractivity contribution in [3.05, 3.63) is 0 Å². The Morgan fingerprint density at radius 3 is 1.80 bits per heavy atom. The largest absolute Gasteiger partial charge is 0.327 e. The second-order valence-electron chi connectivity index (χ2n) is 3.92. The summed E-state index contributed by atoms with van der Waals surface area (Å²) in [6.45, 7) is 11.1. The summed E-state index contributed by atoms with van der Waals surface area (Å²) in [5, 5.41) is 0. The minimum absolute atomic E-state index is 0.286. The average Bonchev–Trinajstić information content (AvgIpc) is 1.86. The fourth-order valence-electron chi connectivity index (χ4n) is 0.975. The molecule has 1 heteroatoms. The molecule has 62 valence electrons. The predicted octanol–water partition coefficient (Wildman–Crippen LogP) is 2.41. The zero-order valence-electron chi connectivity index (χ0n) is 7.94. The highest BCUT2D eigenvalue weighted by Gasteiger charge is 2.28. The van der Waals surface area contributed by atoms with Crippen LogP contribution in [-0.2, 0) is 0 Å². The van der Waals surface area contributed by atoms with E-state index < -0.39 is 0 Å². The lowest BCUT2D eigenvalue weighted by Gasteiger charge is -2.34. The monoisotopic (exact) mass is 143 g/mol. The smallest absolute Gasteiger partial charge is 0.00642 e. The van der Waals surface area contributed by atoms with Gasteiger partial charge in [-0.3, -0.25) is 0 Å². The van der Waals surface area contributed by atoms with Crippen LogP contribution in [0.1, 0.15) is 41.0 Å². The maximum atomic E-state index is 5.85. The second-order valence-corrected chi connectivity index (χ2v) is 3.92. The molecule has 2 N–H and O–H groups in total. The third-order valence-corrected chi connectivity index (χ3v) is 3.06. The zero-order chi connectivity index (χ0) is 8.36. The lowest BCUT2D eigenvalue weighted by atomic mass is 9.74. The molecule has 0 aromatic carbocycles. The average molecular weight is 143 g/mol. The van der Waals surface area contributed by atoms with E-state index in [2.05, 4.69) is 34.6 Å². The molecule has 0 fully saturated rings. The summed E-state index contributed by atoms with van der Waals surface area (Å²) >= 11 is 0. The minimum atomic E-state index is 0.286. The van der Waals surface area contributed by atoms with Gasteiger partial charge >= 0.3 is 0 Å². The van der Waals surface area contributed by atoms with Gasteiger partial charge in [0.1, 0.15) is 0 Å². The fourth-order valence-corrected chi connectivity index (χ4v) is 0.975. The topological polar surface area (TPSA) is 26.0 Å². The quantitative estimate of drug-likeness (QED) is 0.645. The summed E-state index contributed by atoms with van der Waals surface area (Å²) in [4.78, 5) is 0. The molecule has 0 amide bonds. The normalized spacial score (nSPS) is 18.6. The minimum Gasteiger partial charge on any atom is -0.327 e. The van der Waals surface area contributed by atoms with Gasteiger partial charge < -0.3 is 5.73 Å². The number of nitrogens with two attached hydrogens (primary N) is 1. The van der Waals surface area contributed by atoms with Crippen molar-refractivity contribution >= 4 is 0 Å². The number of rotatable bonds is 3. The first-order valence-corrected chi connectivity index (χ1v) is 4.18. The third kappa shape index (κ3) is 1.98. The van der Waals surface area contributed by atoms with Gasteiger partial charge in [0.15, 0.2) is 0 Å². The first kappa shape index (κ1) is 9.96. The van der Waals surface area contributed by atoms with Gasteiger partial charge in [-0.1, -0.05) is 34.1 Å². The van der Waals surface area contributed by atoms with Crippen LogP contribution in [0, 0.1) is 11.3 Å². The van der Waals surface area contributed by atoms with Crippen LogP contribution in [0.4, 0.5) is 0 Å². The summed E-state index contributed by atoms with van der Waals surface area (Å²) in [5.41, 5.74) is 6.13. The molecule has 0 aliphatic carbocycles. The zero-order valence-corrected chi connectivity index (χ0v) is 7.94. The van der Waals surface area contributed by atoms with Crippen molar-refractivity contribution in [3.63, 3.8) is 0 Å². The maximum absolute atomic E-state index is 5.85. The van der Waals surface area contributed by atoms with E-state index in [0.29, 0.717) is 12.0 Å². The van der Waals surface area contributed by atoms with Gasteiger partial charge in [0.05, 0.1) is 0 Å². The van der Waals surface area contributed by atoms with Crippen LogP contribution in [0.15, 0.2) is 0 Å². The second kappa shape index (κ2) is 3.38. The van der Waals surface area contributed by atoms with Gasteiger partial charge in [-0.2, -0.15) is 0 Å². The van der Waals surface area contributed by atoms with Crippen LogP contribution in [0.2, 0.25) is 0 Å². The summed E-state index contributed by atoms with van der Waals surface area (Å²) in [5.74, 6) is 0.715. The number of hydrogen-bond acceptors (Lipinski definition) is 1. The molecule has 2 unspecified atom stereocenters. The molecule has 10 heavy (non-hydrogen) atoms. The Morgan fingerprint density at radius 1 is 1.30 bits per heavy atom.